The van der Waals surface area contributed by atoms with Crippen LogP contribution in [-0.2, 0) is 0 Å². The Morgan fingerprint density at radius 2 is 0.953 bits per heavy atom. The number of hydrogen-bond acceptors (Lipinski definition) is 5. The third-order valence-corrected chi connectivity index (χ3v) is 12.1. The third-order valence-electron chi connectivity index (χ3n) is 12.1. The van der Waals surface area contributed by atoms with Crippen molar-refractivity contribution < 1.29 is 9.15 Å². The summed E-state index contributed by atoms with van der Waals surface area (Å²) in [7, 11) is 0. The van der Waals surface area contributed by atoms with Crippen LogP contribution in [0, 0.1) is 0 Å². The number of benzene rings is 8. The highest BCUT2D eigenvalue weighted by atomic mass is 16.5. The van der Waals surface area contributed by atoms with E-state index >= 15 is 0 Å². The molecule has 0 atom stereocenters. The first-order valence-corrected chi connectivity index (χ1v) is 21.4. The Bertz CT molecular complexity index is 3620. The Kier molecular flexibility index (Phi) is 8.94. The molecule has 4 heterocycles. The van der Waals surface area contributed by atoms with Gasteiger partial charge in [-0.3, -0.25) is 0 Å². The Morgan fingerprint density at radius 1 is 0.438 bits per heavy atom. The van der Waals surface area contributed by atoms with Crippen molar-refractivity contribution >= 4 is 49.3 Å². The average Bonchev–Trinajstić information content (AvgIpc) is 3.92. The summed E-state index contributed by atoms with van der Waals surface area (Å²) in [5.41, 5.74) is 14.1. The van der Waals surface area contributed by atoms with Gasteiger partial charge in [-0.1, -0.05) is 128 Å². The molecule has 0 radical (unpaired) electrons. The molecule has 0 amide bonds. The summed E-state index contributed by atoms with van der Waals surface area (Å²) in [6.45, 7) is 4.87. The van der Waals surface area contributed by atoms with Crippen molar-refractivity contribution in [2.75, 3.05) is 6.61 Å². The first kappa shape index (κ1) is 37.2. The lowest BCUT2D eigenvalue weighted by Crippen LogP contribution is -2.00. The zero-order chi connectivity index (χ0) is 42.6. The van der Waals surface area contributed by atoms with E-state index in [2.05, 4.69) is 120 Å². The second kappa shape index (κ2) is 15.4. The van der Waals surface area contributed by atoms with Crippen molar-refractivity contribution in [3.63, 3.8) is 0 Å². The molecule has 64 heavy (non-hydrogen) atoms. The molecule has 0 N–H and O–H groups in total. The van der Waals surface area contributed by atoms with Crippen molar-refractivity contribution in [1.82, 2.24) is 19.5 Å². The molecule has 3 aromatic heterocycles. The van der Waals surface area contributed by atoms with Gasteiger partial charge in [-0.25, -0.2) is 15.0 Å². The molecule has 0 bridgehead atoms. The van der Waals surface area contributed by atoms with E-state index in [0.717, 1.165) is 105 Å². The van der Waals surface area contributed by atoms with Gasteiger partial charge < -0.3 is 13.7 Å². The maximum Gasteiger partial charge on any atom is 0.164 e. The number of rotatable bonds is 6. The van der Waals surface area contributed by atoms with Gasteiger partial charge in [-0.15, -0.1) is 0 Å². The molecule has 0 spiro atoms. The molecule has 0 saturated heterocycles. The topological polar surface area (TPSA) is 66.0 Å². The number of nitrogens with zero attached hydrogens (tertiary/aromatic N) is 4. The van der Waals surface area contributed by atoms with Crippen molar-refractivity contribution in [3.8, 4) is 67.9 Å². The summed E-state index contributed by atoms with van der Waals surface area (Å²) in [4.78, 5) is 14.9. The molecular weight excluding hydrogens is 785 g/mol. The quantitative estimate of drug-likeness (QED) is 0.167. The van der Waals surface area contributed by atoms with E-state index in [0.29, 0.717) is 24.1 Å². The maximum atomic E-state index is 6.19. The Labute approximate surface area is 369 Å². The summed E-state index contributed by atoms with van der Waals surface area (Å²) in [5.74, 6) is 2.70. The number of hydrogen-bond donors (Lipinski definition) is 0. The molecule has 0 unspecified atom stereocenters. The van der Waals surface area contributed by atoms with Gasteiger partial charge in [0.1, 0.15) is 23.5 Å². The lowest BCUT2D eigenvalue weighted by molar-refractivity contribution is 0.362. The van der Waals surface area contributed by atoms with Crippen LogP contribution < -0.4 is 4.74 Å². The molecule has 12 rings (SSSR count). The minimum Gasteiger partial charge on any atom is -0.489 e. The number of para-hydroxylation sites is 1. The van der Waals surface area contributed by atoms with Crippen LogP contribution in [0.4, 0.5) is 0 Å². The van der Waals surface area contributed by atoms with Crippen LogP contribution in [0.25, 0.3) is 111 Å². The van der Waals surface area contributed by atoms with E-state index in [4.69, 9.17) is 24.1 Å². The first-order valence-electron chi connectivity index (χ1n) is 21.4. The van der Waals surface area contributed by atoms with Crippen LogP contribution >= 0.6 is 0 Å². The van der Waals surface area contributed by atoms with Crippen LogP contribution in [0.1, 0.15) is 5.56 Å². The Balaban J connectivity index is 1.00. The monoisotopic (exact) mass is 822 g/mol. The molecule has 8 aromatic carbocycles. The van der Waals surface area contributed by atoms with Crippen LogP contribution in [0.15, 0.2) is 217 Å². The predicted octanol–water partition coefficient (Wildman–Crippen LogP) is 14.7. The van der Waals surface area contributed by atoms with E-state index < -0.39 is 0 Å². The molecule has 0 fully saturated rings. The lowest BCUT2D eigenvalue weighted by Gasteiger charge is -2.13. The van der Waals surface area contributed by atoms with Crippen molar-refractivity contribution in [3.05, 3.63) is 218 Å². The van der Waals surface area contributed by atoms with Gasteiger partial charge in [0, 0.05) is 49.5 Å². The lowest BCUT2D eigenvalue weighted by atomic mass is 9.96. The van der Waals surface area contributed by atoms with Crippen LogP contribution in [-0.4, -0.2) is 26.1 Å². The van der Waals surface area contributed by atoms with Crippen molar-refractivity contribution in [2.24, 2.45) is 0 Å². The summed E-state index contributed by atoms with van der Waals surface area (Å²) >= 11 is 0. The van der Waals surface area contributed by atoms with E-state index in [1.165, 1.54) is 0 Å². The minimum atomic E-state index is 0.502. The van der Waals surface area contributed by atoms with Crippen LogP contribution in [0.2, 0.25) is 0 Å². The SMILES string of the molecule is C=C1/C=C\C=C/COc2ccc(-c3ccc4c(c3)c3cc(-c5ccc6oc7ccccc7c6c5)ccc3n4-c3ccc(-c4nc(-c5ccccc5)nc(-c5ccccc5)n4)cc3)cc21. The van der Waals surface area contributed by atoms with E-state index in [1.54, 1.807) is 0 Å². The van der Waals surface area contributed by atoms with Crippen molar-refractivity contribution in [1.29, 1.82) is 0 Å². The van der Waals surface area contributed by atoms with Gasteiger partial charge >= 0.3 is 0 Å². The number of ether oxygens (including phenoxy) is 1. The average molecular weight is 823 g/mol. The van der Waals surface area contributed by atoms with Gasteiger partial charge in [0.2, 0.25) is 0 Å². The zero-order valence-electron chi connectivity index (χ0n) is 34.6. The second-order valence-electron chi connectivity index (χ2n) is 16.0. The molecule has 6 nitrogen and oxygen atoms in total. The third kappa shape index (κ3) is 6.57. The van der Waals surface area contributed by atoms with Crippen LogP contribution in [0.3, 0.4) is 0 Å². The molecule has 11 aromatic rings. The molecule has 6 heteroatoms. The molecule has 1 aliphatic rings. The minimum absolute atomic E-state index is 0.502. The van der Waals surface area contributed by atoms with Gasteiger partial charge in [-0.05, 0) is 113 Å². The largest absolute Gasteiger partial charge is 0.489 e. The highest BCUT2D eigenvalue weighted by Crippen LogP contribution is 2.40. The molecule has 0 saturated carbocycles. The van der Waals surface area contributed by atoms with Gasteiger partial charge in [-0.2, -0.15) is 0 Å². The highest BCUT2D eigenvalue weighted by Gasteiger charge is 2.18. The number of aromatic nitrogens is 4. The maximum absolute atomic E-state index is 6.19. The first-order chi connectivity index (χ1) is 31.6. The number of furan rings is 1. The predicted molar refractivity (Wildman–Crippen MR) is 261 cm³/mol. The molecule has 1 aliphatic heterocycles. The van der Waals surface area contributed by atoms with E-state index in [1.807, 2.05) is 97.1 Å². The van der Waals surface area contributed by atoms with Gasteiger partial charge in [0.05, 0.1) is 11.0 Å². The molecular formula is C58H38N4O2. The van der Waals surface area contributed by atoms with Crippen LogP contribution in [0.5, 0.6) is 5.75 Å². The summed E-state index contributed by atoms with van der Waals surface area (Å²) in [6.07, 6.45) is 8.05. The molecule has 302 valence electrons. The standard InChI is InChI=1S/C58H38N4O2/c1-37-13-5-4-12-32-63-53-30-24-43(33-47(37)53)41-22-28-51-48(34-41)49-35-42(44-25-31-55-50(36-44)46-18-10-11-19-54(46)64-55)23-29-52(49)62(51)45-26-20-40(21-27-45)58-60-56(38-14-6-2-7-15-38)59-57(61-58)39-16-8-3-9-17-39/h2-31,33-36H,1,32H2/b12-4-,13-5-. The van der Waals surface area contributed by atoms with Gasteiger partial charge in [0.25, 0.3) is 0 Å². The van der Waals surface area contributed by atoms with Gasteiger partial charge in [0.15, 0.2) is 17.5 Å². The summed E-state index contributed by atoms with van der Waals surface area (Å²) < 4.78 is 14.7. The summed E-state index contributed by atoms with van der Waals surface area (Å²) in [6, 6.07) is 63.4. The second-order valence-corrected chi connectivity index (χ2v) is 16.0. The normalized spacial score (nSPS) is 13.7. The fraction of sp³-hybridized carbons (Fsp3) is 0.0172. The highest BCUT2D eigenvalue weighted by molar-refractivity contribution is 6.12. The molecule has 0 aliphatic carbocycles. The summed E-state index contributed by atoms with van der Waals surface area (Å²) in [5, 5.41) is 4.52. The fourth-order valence-electron chi connectivity index (χ4n) is 8.88. The zero-order valence-corrected chi connectivity index (χ0v) is 34.6. The smallest absolute Gasteiger partial charge is 0.164 e. The van der Waals surface area contributed by atoms with E-state index in [9.17, 15) is 0 Å². The Morgan fingerprint density at radius 3 is 1.61 bits per heavy atom. The number of allylic oxidation sites excluding steroid dienone is 4. The Hall–Kier alpha value is -8.61. The van der Waals surface area contributed by atoms with Crippen molar-refractivity contribution in [2.45, 2.75) is 0 Å². The fourth-order valence-corrected chi connectivity index (χ4v) is 8.88. The van der Waals surface area contributed by atoms with E-state index in [-0.39, 0.29) is 0 Å². The number of fused-ring (bicyclic) bond motifs is 7.